The third kappa shape index (κ3) is 2.32. The van der Waals surface area contributed by atoms with Gasteiger partial charge in [-0.3, -0.25) is 4.79 Å². The van der Waals surface area contributed by atoms with Gasteiger partial charge in [-0.25, -0.2) is 0 Å². The van der Waals surface area contributed by atoms with Gasteiger partial charge in [-0.15, -0.1) is 0 Å². The molecule has 1 saturated carbocycles. The standard InChI is InChI=1S/C12H22O/c1-9(2)12(3,4)11(13)8-10-6-5-7-10/h9-10H,5-8H2,1-4H3. The second-order valence-corrected chi connectivity index (χ2v) is 5.30. The number of carbonyl (C=O) groups is 1. The molecule has 0 aromatic heterocycles. The van der Waals surface area contributed by atoms with E-state index < -0.39 is 0 Å². The Morgan fingerprint density at radius 3 is 2.23 bits per heavy atom. The van der Waals surface area contributed by atoms with Crippen molar-refractivity contribution in [1.82, 2.24) is 0 Å². The first-order valence-electron chi connectivity index (χ1n) is 5.48. The van der Waals surface area contributed by atoms with Crippen molar-refractivity contribution in [1.29, 1.82) is 0 Å². The number of rotatable bonds is 4. The second-order valence-electron chi connectivity index (χ2n) is 5.30. The molecule has 0 aromatic carbocycles. The van der Waals surface area contributed by atoms with Gasteiger partial charge in [-0.05, 0) is 11.8 Å². The summed E-state index contributed by atoms with van der Waals surface area (Å²) in [4.78, 5) is 11.9. The zero-order valence-corrected chi connectivity index (χ0v) is 9.39. The lowest BCUT2D eigenvalue weighted by Crippen LogP contribution is -2.32. The van der Waals surface area contributed by atoms with Crippen LogP contribution in [0.1, 0.15) is 53.4 Å². The average Bonchev–Trinajstić information content (AvgIpc) is 1.95. The Kier molecular flexibility index (Phi) is 3.15. The minimum Gasteiger partial charge on any atom is -0.299 e. The molecule has 0 N–H and O–H groups in total. The number of carbonyl (C=O) groups excluding carboxylic acids is 1. The van der Waals surface area contributed by atoms with Gasteiger partial charge < -0.3 is 0 Å². The van der Waals surface area contributed by atoms with E-state index in [1.54, 1.807) is 0 Å². The maximum atomic E-state index is 11.9. The van der Waals surface area contributed by atoms with Crippen molar-refractivity contribution in [3.05, 3.63) is 0 Å². The Labute approximate surface area is 81.9 Å². The van der Waals surface area contributed by atoms with E-state index in [9.17, 15) is 4.79 Å². The summed E-state index contributed by atoms with van der Waals surface area (Å²) in [6.07, 6.45) is 4.71. The fourth-order valence-corrected chi connectivity index (χ4v) is 1.54. The first-order chi connectivity index (χ1) is 5.94. The highest BCUT2D eigenvalue weighted by Gasteiger charge is 2.33. The highest BCUT2D eigenvalue weighted by molar-refractivity contribution is 5.84. The van der Waals surface area contributed by atoms with E-state index in [1.165, 1.54) is 19.3 Å². The minimum atomic E-state index is -0.115. The molecule has 1 aliphatic carbocycles. The summed E-state index contributed by atoms with van der Waals surface area (Å²) in [5.41, 5.74) is -0.115. The summed E-state index contributed by atoms with van der Waals surface area (Å²) in [6.45, 7) is 8.44. The Bertz CT molecular complexity index is 187. The number of Topliss-reactive ketones (excluding diaryl/α,β-unsaturated/α-hetero) is 1. The predicted octanol–water partition coefficient (Wildman–Crippen LogP) is 3.43. The molecule has 0 aliphatic heterocycles. The van der Waals surface area contributed by atoms with Gasteiger partial charge in [0.05, 0.1) is 0 Å². The second kappa shape index (κ2) is 3.81. The van der Waals surface area contributed by atoms with Gasteiger partial charge in [0.2, 0.25) is 0 Å². The molecule has 0 atom stereocenters. The maximum Gasteiger partial charge on any atom is 0.139 e. The summed E-state index contributed by atoms with van der Waals surface area (Å²) in [5.74, 6) is 1.64. The predicted molar refractivity (Wildman–Crippen MR) is 55.6 cm³/mol. The summed E-state index contributed by atoms with van der Waals surface area (Å²) in [6, 6.07) is 0. The summed E-state index contributed by atoms with van der Waals surface area (Å²) < 4.78 is 0. The molecule has 0 amide bonds. The van der Waals surface area contributed by atoms with Crippen molar-refractivity contribution in [3.63, 3.8) is 0 Å². The lowest BCUT2D eigenvalue weighted by Gasteiger charge is -2.32. The minimum absolute atomic E-state index is 0.115. The van der Waals surface area contributed by atoms with Crippen LogP contribution in [0.25, 0.3) is 0 Å². The Morgan fingerprint density at radius 2 is 1.92 bits per heavy atom. The number of hydrogen-bond acceptors (Lipinski definition) is 1. The fourth-order valence-electron chi connectivity index (χ4n) is 1.54. The highest BCUT2D eigenvalue weighted by atomic mass is 16.1. The van der Waals surface area contributed by atoms with Gasteiger partial charge in [0, 0.05) is 11.8 Å². The van der Waals surface area contributed by atoms with E-state index in [2.05, 4.69) is 27.7 Å². The first-order valence-corrected chi connectivity index (χ1v) is 5.48. The van der Waals surface area contributed by atoms with E-state index in [1.807, 2.05) is 0 Å². The van der Waals surface area contributed by atoms with E-state index in [0.29, 0.717) is 17.6 Å². The van der Waals surface area contributed by atoms with Gasteiger partial charge in [-0.2, -0.15) is 0 Å². The Morgan fingerprint density at radius 1 is 1.38 bits per heavy atom. The zero-order valence-electron chi connectivity index (χ0n) is 9.39. The molecule has 0 radical (unpaired) electrons. The highest BCUT2D eigenvalue weighted by Crippen LogP contribution is 2.35. The fraction of sp³-hybridized carbons (Fsp3) is 0.917. The molecule has 0 bridgehead atoms. The van der Waals surface area contributed by atoms with E-state index in [4.69, 9.17) is 0 Å². The third-order valence-corrected chi connectivity index (χ3v) is 3.86. The smallest absolute Gasteiger partial charge is 0.139 e. The van der Waals surface area contributed by atoms with Crippen LogP contribution in [0.2, 0.25) is 0 Å². The van der Waals surface area contributed by atoms with Crippen molar-refractivity contribution < 1.29 is 4.79 Å². The van der Waals surface area contributed by atoms with Crippen molar-refractivity contribution >= 4 is 5.78 Å². The topological polar surface area (TPSA) is 17.1 Å². The molecule has 1 fully saturated rings. The molecule has 0 heterocycles. The maximum absolute atomic E-state index is 11.9. The van der Waals surface area contributed by atoms with Crippen LogP contribution in [0.3, 0.4) is 0 Å². The SMILES string of the molecule is CC(C)C(C)(C)C(=O)CC1CCC1. The molecule has 1 aliphatic rings. The molecule has 1 rings (SSSR count). The lowest BCUT2D eigenvalue weighted by atomic mass is 9.71. The lowest BCUT2D eigenvalue weighted by molar-refractivity contribution is -0.130. The monoisotopic (exact) mass is 182 g/mol. The van der Waals surface area contributed by atoms with Crippen molar-refractivity contribution in [2.24, 2.45) is 17.3 Å². The largest absolute Gasteiger partial charge is 0.299 e. The zero-order chi connectivity index (χ0) is 10.1. The van der Waals surface area contributed by atoms with E-state index in [-0.39, 0.29) is 5.41 Å². The van der Waals surface area contributed by atoms with Gasteiger partial charge in [0.1, 0.15) is 5.78 Å². The molecular formula is C12H22O. The van der Waals surface area contributed by atoms with Crippen LogP contribution in [-0.4, -0.2) is 5.78 Å². The average molecular weight is 182 g/mol. The van der Waals surface area contributed by atoms with Crippen LogP contribution in [-0.2, 0) is 4.79 Å². The van der Waals surface area contributed by atoms with Gasteiger partial charge >= 0.3 is 0 Å². The van der Waals surface area contributed by atoms with Crippen LogP contribution < -0.4 is 0 Å². The molecule has 13 heavy (non-hydrogen) atoms. The van der Waals surface area contributed by atoms with Crippen LogP contribution in [0, 0.1) is 17.3 Å². The van der Waals surface area contributed by atoms with Gasteiger partial charge in [-0.1, -0.05) is 47.0 Å². The number of ketones is 1. The van der Waals surface area contributed by atoms with E-state index >= 15 is 0 Å². The molecule has 1 nitrogen and oxygen atoms in total. The third-order valence-electron chi connectivity index (χ3n) is 3.86. The van der Waals surface area contributed by atoms with Crippen LogP contribution in [0.4, 0.5) is 0 Å². The Hall–Kier alpha value is -0.330. The van der Waals surface area contributed by atoms with Gasteiger partial charge in [0.15, 0.2) is 0 Å². The molecule has 0 aromatic rings. The number of hydrogen-bond donors (Lipinski definition) is 0. The quantitative estimate of drug-likeness (QED) is 0.651. The summed E-state index contributed by atoms with van der Waals surface area (Å²) in [5, 5.41) is 0. The van der Waals surface area contributed by atoms with E-state index in [0.717, 1.165) is 6.42 Å². The van der Waals surface area contributed by atoms with Crippen LogP contribution >= 0.6 is 0 Å². The summed E-state index contributed by atoms with van der Waals surface area (Å²) in [7, 11) is 0. The first kappa shape index (κ1) is 10.7. The summed E-state index contributed by atoms with van der Waals surface area (Å²) >= 11 is 0. The van der Waals surface area contributed by atoms with Crippen LogP contribution in [0.15, 0.2) is 0 Å². The molecule has 0 spiro atoms. The van der Waals surface area contributed by atoms with Crippen molar-refractivity contribution in [2.45, 2.75) is 53.4 Å². The van der Waals surface area contributed by atoms with Crippen molar-refractivity contribution in [3.8, 4) is 0 Å². The molecule has 76 valence electrons. The Balaban J connectivity index is 2.45. The normalized spacial score (nSPS) is 18.8. The molecule has 1 heteroatoms. The molecular weight excluding hydrogens is 160 g/mol. The van der Waals surface area contributed by atoms with Crippen LogP contribution in [0.5, 0.6) is 0 Å². The van der Waals surface area contributed by atoms with Crippen molar-refractivity contribution in [2.75, 3.05) is 0 Å². The van der Waals surface area contributed by atoms with Gasteiger partial charge in [0.25, 0.3) is 0 Å². The molecule has 0 saturated heterocycles. The molecule has 0 unspecified atom stereocenters.